The van der Waals surface area contributed by atoms with Crippen molar-refractivity contribution in [3.63, 3.8) is 0 Å². The van der Waals surface area contributed by atoms with Crippen LogP contribution in [-0.4, -0.2) is 4.57 Å². The van der Waals surface area contributed by atoms with Crippen molar-refractivity contribution in [2.45, 2.75) is 32.7 Å². The Labute approximate surface area is 185 Å². The maximum Gasteiger partial charge on any atom is 0.416 e. The van der Waals surface area contributed by atoms with Crippen LogP contribution in [0.4, 0.5) is 17.6 Å². The first-order valence-corrected chi connectivity index (χ1v) is 9.94. The van der Waals surface area contributed by atoms with Gasteiger partial charge in [0, 0.05) is 6.54 Å². The summed E-state index contributed by atoms with van der Waals surface area (Å²) >= 11 is 12.2. The molecule has 3 nitrogen and oxygen atoms in total. The fraction of sp³-hybridized carbons (Fsp3) is 0.227. The third-order valence-electron chi connectivity index (χ3n) is 4.67. The molecule has 0 radical (unpaired) electrons. The number of rotatable bonds is 6. The van der Waals surface area contributed by atoms with Gasteiger partial charge in [0.1, 0.15) is 11.6 Å². The summed E-state index contributed by atoms with van der Waals surface area (Å²) in [4.78, 5) is 12.6. The number of hydrogen-bond donors (Lipinski definition) is 0. The minimum Gasteiger partial charge on any atom is -0.484 e. The van der Waals surface area contributed by atoms with Crippen LogP contribution in [-0.2, 0) is 25.7 Å². The number of halogens is 6. The smallest absolute Gasteiger partial charge is 0.416 e. The number of aromatic nitrogens is 1. The average molecular weight is 474 g/mol. The van der Waals surface area contributed by atoms with Gasteiger partial charge in [-0.15, -0.1) is 0 Å². The van der Waals surface area contributed by atoms with Gasteiger partial charge in [0.2, 0.25) is 0 Å². The molecule has 1 heterocycles. The van der Waals surface area contributed by atoms with Crippen LogP contribution >= 0.6 is 23.2 Å². The van der Waals surface area contributed by atoms with Crippen LogP contribution < -0.4 is 10.3 Å². The van der Waals surface area contributed by atoms with Crippen molar-refractivity contribution >= 4 is 23.2 Å². The monoisotopic (exact) mass is 473 g/mol. The molecule has 2 aromatic carbocycles. The Morgan fingerprint density at radius 3 is 2.32 bits per heavy atom. The molecule has 0 atom stereocenters. The predicted octanol–water partition coefficient (Wildman–Crippen LogP) is 6.44. The summed E-state index contributed by atoms with van der Waals surface area (Å²) in [6, 6.07) is 10.8. The third-order valence-corrected chi connectivity index (χ3v) is 5.27. The van der Waals surface area contributed by atoms with E-state index in [9.17, 15) is 22.4 Å². The molecular weight excluding hydrogens is 457 g/mol. The highest BCUT2D eigenvalue weighted by Crippen LogP contribution is 2.33. The Bertz CT molecular complexity index is 1140. The van der Waals surface area contributed by atoms with E-state index >= 15 is 0 Å². The van der Waals surface area contributed by atoms with Gasteiger partial charge >= 0.3 is 6.18 Å². The van der Waals surface area contributed by atoms with Crippen LogP contribution in [0.1, 0.15) is 22.4 Å². The number of ether oxygens (including phenoxy) is 1. The first-order valence-electron chi connectivity index (χ1n) is 9.19. The van der Waals surface area contributed by atoms with E-state index in [0.717, 1.165) is 11.1 Å². The lowest BCUT2D eigenvalue weighted by molar-refractivity contribution is -0.137. The summed E-state index contributed by atoms with van der Waals surface area (Å²) in [5, 5.41) is -0.0243. The lowest BCUT2D eigenvalue weighted by Gasteiger charge is -2.17. The van der Waals surface area contributed by atoms with Gasteiger partial charge in [-0.2, -0.15) is 13.2 Å². The fourth-order valence-electron chi connectivity index (χ4n) is 2.95. The molecule has 31 heavy (non-hydrogen) atoms. The van der Waals surface area contributed by atoms with Gasteiger partial charge in [0.25, 0.3) is 5.56 Å². The molecule has 0 spiro atoms. The Hall–Kier alpha value is -2.51. The van der Waals surface area contributed by atoms with Crippen LogP contribution in [0.2, 0.25) is 10.0 Å². The second-order valence-corrected chi connectivity index (χ2v) is 7.73. The van der Waals surface area contributed by atoms with Crippen LogP contribution in [0.3, 0.4) is 0 Å². The number of hydrogen-bond acceptors (Lipinski definition) is 2. The molecule has 0 aliphatic heterocycles. The van der Waals surface area contributed by atoms with Crippen molar-refractivity contribution < 1.29 is 22.3 Å². The van der Waals surface area contributed by atoms with E-state index in [-0.39, 0.29) is 22.3 Å². The Kier molecular flexibility index (Phi) is 6.96. The van der Waals surface area contributed by atoms with Gasteiger partial charge < -0.3 is 9.30 Å². The first kappa shape index (κ1) is 23.2. The highest BCUT2D eigenvalue weighted by Gasteiger charge is 2.31. The molecule has 9 heteroatoms. The van der Waals surface area contributed by atoms with Crippen molar-refractivity contribution in [1.82, 2.24) is 4.57 Å². The fourth-order valence-corrected chi connectivity index (χ4v) is 3.48. The Morgan fingerprint density at radius 1 is 1.00 bits per heavy atom. The quantitative estimate of drug-likeness (QED) is 0.385. The third kappa shape index (κ3) is 5.60. The van der Waals surface area contributed by atoms with Gasteiger partial charge in [-0.25, -0.2) is 4.39 Å². The molecule has 3 rings (SSSR count). The van der Waals surface area contributed by atoms with Crippen LogP contribution in [0.25, 0.3) is 0 Å². The molecule has 0 bridgehead atoms. The number of benzene rings is 2. The summed E-state index contributed by atoms with van der Waals surface area (Å²) in [6.07, 6.45) is -4.18. The van der Waals surface area contributed by atoms with E-state index in [2.05, 4.69) is 0 Å². The normalized spacial score (nSPS) is 11.6. The lowest BCUT2D eigenvalue weighted by Crippen LogP contribution is -2.26. The average Bonchev–Trinajstić information content (AvgIpc) is 2.70. The molecule has 0 N–H and O–H groups in total. The molecule has 0 aliphatic carbocycles. The maximum absolute atomic E-state index is 14.0. The molecule has 1 aromatic heterocycles. The standard InChI is InChI=1S/C22H17Cl2F4NO2/c1-13-2-4-14(5-3-13)8-9-29-19(16(23)11-17(24)21(29)30)12-31-20-10-15(22(26,27)28)6-7-18(20)25/h2-7,10-11H,8-9,12H2,1H3. The number of pyridine rings is 1. The second-order valence-electron chi connectivity index (χ2n) is 6.91. The number of aryl methyl sites for hydroxylation is 2. The Morgan fingerprint density at radius 2 is 1.68 bits per heavy atom. The maximum atomic E-state index is 14.0. The molecule has 0 saturated heterocycles. The second kappa shape index (κ2) is 9.32. The highest BCUT2D eigenvalue weighted by atomic mass is 35.5. The van der Waals surface area contributed by atoms with Crippen molar-refractivity contribution in [2.75, 3.05) is 0 Å². The van der Waals surface area contributed by atoms with Crippen molar-refractivity contribution in [3.8, 4) is 5.75 Å². The van der Waals surface area contributed by atoms with Crippen molar-refractivity contribution in [2.24, 2.45) is 0 Å². The van der Waals surface area contributed by atoms with Gasteiger partial charge in [0.05, 0.1) is 16.3 Å². The summed E-state index contributed by atoms with van der Waals surface area (Å²) in [7, 11) is 0. The van der Waals surface area contributed by atoms with Gasteiger partial charge in [0.15, 0.2) is 11.6 Å². The highest BCUT2D eigenvalue weighted by molar-refractivity contribution is 6.34. The van der Waals surface area contributed by atoms with Crippen molar-refractivity contribution in [1.29, 1.82) is 0 Å². The van der Waals surface area contributed by atoms with Crippen LogP contribution in [0.5, 0.6) is 5.75 Å². The molecule has 0 fully saturated rings. The topological polar surface area (TPSA) is 31.2 Å². The number of nitrogens with zero attached hydrogens (tertiary/aromatic N) is 1. The van der Waals surface area contributed by atoms with Crippen molar-refractivity contribution in [3.05, 3.63) is 97.1 Å². The largest absolute Gasteiger partial charge is 0.484 e. The van der Waals surface area contributed by atoms with E-state index < -0.39 is 35.5 Å². The van der Waals surface area contributed by atoms with Crippen LogP contribution in [0, 0.1) is 12.7 Å². The zero-order chi connectivity index (χ0) is 22.8. The van der Waals surface area contributed by atoms with E-state index in [1.54, 1.807) is 0 Å². The van der Waals surface area contributed by atoms with E-state index in [0.29, 0.717) is 24.6 Å². The summed E-state index contributed by atoms with van der Waals surface area (Å²) < 4.78 is 59.3. The van der Waals surface area contributed by atoms with E-state index in [4.69, 9.17) is 27.9 Å². The van der Waals surface area contributed by atoms with Gasteiger partial charge in [-0.3, -0.25) is 4.79 Å². The molecule has 164 valence electrons. The number of alkyl halides is 3. The van der Waals surface area contributed by atoms with Gasteiger partial charge in [-0.05, 0) is 43.2 Å². The molecular formula is C22H17Cl2F4NO2. The minimum absolute atomic E-state index is 0.0842. The minimum atomic E-state index is -4.65. The molecule has 0 saturated carbocycles. The zero-order valence-corrected chi connectivity index (χ0v) is 17.8. The SMILES string of the molecule is Cc1ccc(CCn2c(COc3cc(C(F)(F)F)ccc3F)c(Cl)cc(Cl)c2=O)cc1. The molecule has 3 aromatic rings. The summed E-state index contributed by atoms with van der Waals surface area (Å²) in [5.74, 6) is -1.56. The van der Waals surface area contributed by atoms with Crippen LogP contribution in [0.15, 0.2) is 53.3 Å². The van der Waals surface area contributed by atoms with Gasteiger partial charge in [-0.1, -0.05) is 53.0 Å². The Balaban J connectivity index is 1.88. The first-order chi connectivity index (χ1) is 14.6. The summed E-state index contributed by atoms with van der Waals surface area (Å²) in [5.41, 5.74) is 0.650. The molecule has 0 amide bonds. The zero-order valence-electron chi connectivity index (χ0n) is 16.3. The van der Waals surface area contributed by atoms with E-state index in [1.807, 2.05) is 31.2 Å². The molecule has 0 aliphatic rings. The summed E-state index contributed by atoms with van der Waals surface area (Å²) in [6.45, 7) is 1.73. The lowest BCUT2D eigenvalue weighted by atomic mass is 10.1. The van der Waals surface area contributed by atoms with E-state index in [1.165, 1.54) is 10.6 Å². The predicted molar refractivity (Wildman–Crippen MR) is 111 cm³/mol. The molecule has 0 unspecified atom stereocenters.